The lowest BCUT2D eigenvalue weighted by atomic mass is 9.89. The number of hydrogen-bond acceptors (Lipinski definition) is 8. The van der Waals surface area contributed by atoms with Crippen LogP contribution in [0.4, 0.5) is 0 Å². The molecule has 10 nitrogen and oxygen atoms in total. The van der Waals surface area contributed by atoms with Gasteiger partial charge in [0.25, 0.3) is 0 Å². The Morgan fingerprint density at radius 2 is 0.734 bits per heavy atom. The molecule has 0 saturated heterocycles. The highest BCUT2D eigenvalue weighted by molar-refractivity contribution is 5.80. The second kappa shape index (κ2) is 44.2. The first-order chi connectivity index (χ1) is 53.8. The summed E-state index contributed by atoms with van der Waals surface area (Å²) in [5.74, 6) is -18.9. The summed E-state index contributed by atoms with van der Waals surface area (Å²) in [5, 5.41) is 0. The van der Waals surface area contributed by atoms with E-state index in [-0.39, 0.29) is 122 Å². The van der Waals surface area contributed by atoms with Crippen LogP contribution in [0.5, 0.6) is 0 Å². The number of ketones is 4. The summed E-state index contributed by atoms with van der Waals surface area (Å²) in [4.78, 5) is 81.7. The molecule has 0 spiro atoms. The van der Waals surface area contributed by atoms with E-state index in [9.17, 15) is 33.6 Å². The average Bonchev–Trinajstić information content (AvgIpc) is 1.59. The van der Waals surface area contributed by atoms with Crippen LogP contribution in [0.2, 0.25) is 0 Å². The molecule has 9 aliphatic carbocycles. The first kappa shape index (κ1) is 29.4. The molecule has 9 fully saturated rings. The SMILES string of the molecule is [2H]C1(C(=O)N(C)C)CC([2H])([2H])C([2H])([2H])C1.[2H]C1(C(C)=O)CC([2H])([2H])C([2H])([2H])C1.[2H]C1(C(C)=O)CC([2H])([2H])C([2H])([2H])C1.[2H]C1(C=CC)CC([2H])([2H])C([2H])([2H])C1.[2H]C1([2H])CCC([2H])([2H])C1(C)C(=O)OCC.[2H]C1([2H])CCC([2H])([2H])C1([2H])C(=O)N(C)C.[2H]C1([2H])CCC([2H])([2H])C1([2H])C(C)=O.[2H]C1([2H])CCC([2H])([2H])C1([2H])C(C)=O.[2H]C1([2H])CCC([2H])([2H])C1([2H])C=CC. The number of rotatable bonds is 10. The van der Waals surface area contributed by atoms with E-state index in [4.69, 9.17) is 65.1 Å². The van der Waals surface area contributed by atoms with Crippen LogP contribution >= 0.6 is 0 Å². The molecule has 0 bridgehead atoms. The molecule has 0 aromatic heterocycles. The molecule has 0 aliphatic heterocycles. The molecular formula is C69H122N2O8. The fourth-order valence-electron chi connectivity index (χ4n) is 6.97. The largest absolute Gasteiger partial charge is 0.466 e. The van der Waals surface area contributed by atoms with Gasteiger partial charge in [0.05, 0.1) is 12.0 Å². The van der Waals surface area contributed by atoms with Gasteiger partial charge in [0.15, 0.2) is 0 Å². The number of Topliss-reactive ketones (excluding diaryl/α,β-unsaturated/α-hetero) is 4. The van der Waals surface area contributed by atoms with Crippen molar-refractivity contribution in [2.45, 2.75) is 286 Å². The van der Waals surface area contributed by atoms with Crippen molar-refractivity contribution in [2.75, 3.05) is 34.8 Å². The molecular weight excluding hydrogens is 985 g/mol. The number of esters is 1. The molecule has 10 heteroatoms. The van der Waals surface area contributed by atoms with Crippen molar-refractivity contribution in [1.82, 2.24) is 9.80 Å². The van der Waals surface area contributed by atoms with Crippen molar-refractivity contribution in [3.63, 3.8) is 0 Å². The minimum Gasteiger partial charge on any atom is -0.466 e. The Balaban J connectivity index is 0.000000692. The van der Waals surface area contributed by atoms with Crippen LogP contribution in [0, 0.1) is 52.6 Å². The van der Waals surface area contributed by atoms with E-state index in [1.165, 1.54) is 59.9 Å². The molecule has 9 aliphatic rings. The second-order valence-corrected chi connectivity index (χ2v) is 18.6. The molecule has 79 heavy (non-hydrogen) atoms. The number of amides is 2. The van der Waals surface area contributed by atoms with Gasteiger partial charge < -0.3 is 14.5 Å². The zero-order valence-electron chi connectivity index (χ0n) is 92.9. The topological polar surface area (TPSA) is 135 Å². The lowest BCUT2D eigenvalue weighted by Crippen LogP contribution is -2.27. The molecule has 0 unspecified atom stereocenters. The van der Waals surface area contributed by atoms with Gasteiger partial charge in [0, 0.05) is 124 Å². The van der Waals surface area contributed by atoms with Crippen LogP contribution < -0.4 is 0 Å². The molecule has 0 heterocycles. The number of hydrogen-bond donors (Lipinski definition) is 0. The number of carbonyl (C=O) groups is 7. The maximum atomic E-state index is 11.8. The van der Waals surface area contributed by atoms with E-state index in [1.54, 1.807) is 39.0 Å². The molecule has 0 atom stereocenters. The Bertz CT molecular complexity index is 3580. The van der Waals surface area contributed by atoms with Crippen molar-refractivity contribution in [1.29, 1.82) is 0 Å². The van der Waals surface area contributed by atoms with Crippen LogP contribution in [0.15, 0.2) is 24.3 Å². The Kier molecular flexibility index (Phi) is 16.4. The molecule has 0 N–H and O–H groups in total. The molecule has 0 radical (unpaired) electrons. The third-order valence-electron chi connectivity index (χ3n) is 11.4. The fourth-order valence-corrected chi connectivity index (χ4v) is 6.97. The van der Waals surface area contributed by atoms with Crippen LogP contribution in [0.3, 0.4) is 0 Å². The summed E-state index contributed by atoms with van der Waals surface area (Å²) in [6.07, 6.45) is -32.1. The monoisotopic (exact) mass is 1150 g/mol. The minimum absolute atomic E-state index is 0.0509. The quantitative estimate of drug-likeness (QED) is 0.156. The summed E-state index contributed by atoms with van der Waals surface area (Å²) in [7, 11) is 5.79. The van der Waals surface area contributed by atoms with E-state index < -0.39 is 208 Å². The minimum atomic E-state index is -2.33. The third-order valence-corrected chi connectivity index (χ3v) is 11.4. The van der Waals surface area contributed by atoms with Gasteiger partial charge >= 0.3 is 5.97 Å². The molecule has 9 rings (SSSR count). The predicted octanol–water partition coefficient (Wildman–Crippen LogP) is 17.2. The van der Waals surface area contributed by atoms with E-state index in [0.717, 1.165) is 18.7 Å². The van der Waals surface area contributed by atoms with Gasteiger partial charge in [0.1, 0.15) is 23.1 Å². The van der Waals surface area contributed by atoms with Crippen molar-refractivity contribution in [3.05, 3.63) is 24.3 Å². The Morgan fingerprint density at radius 1 is 0.443 bits per heavy atom. The third kappa shape index (κ3) is 33.3. The molecule has 456 valence electrons. The van der Waals surface area contributed by atoms with Crippen LogP contribution in [0.25, 0.3) is 0 Å². The molecule has 0 aromatic rings. The van der Waals surface area contributed by atoms with Crippen LogP contribution in [0.1, 0.15) is 346 Å². The highest BCUT2D eigenvalue weighted by Gasteiger charge is 2.37. The summed E-state index contributed by atoms with van der Waals surface area (Å²) in [6.45, 7) is 11.1. The van der Waals surface area contributed by atoms with E-state index >= 15 is 0 Å². The van der Waals surface area contributed by atoms with Crippen molar-refractivity contribution in [2.24, 2.45) is 52.6 Å². The summed E-state index contributed by atoms with van der Waals surface area (Å²) in [5.41, 5.74) is -1.70. The highest BCUT2D eigenvalue weighted by Crippen LogP contribution is 2.38. The summed E-state index contributed by atoms with van der Waals surface area (Å²) < 4.78 is 337. The lowest BCUT2D eigenvalue weighted by Gasteiger charge is -2.20. The van der Waals surface area contributed by atoms with Crippen LogP contribution in [-0.2, 0) is 38.3 Å². The average molecular weight is 1150 g/mol. The Hall–Kier alpha value is -3.43. The van der Waals surface area contributed by atoms with Gasteiger partial charge in [-0.2, -0.15) is 0 Å². The van der Waals surface area contributed by atoms with E-state index in [0.29, 0.717) is 0 Å². The van der Waals surface area contributed by atoms with Crippen LogP contribution in [-0.4, -0.2) is 85.5 Å². The van der Waals surface area contributed by atoms with Gasteiger partial charge in [-0.15, -0.1) is 0 Å². The maximum Gasteiger partial charge on any atom is 0.311 e. The number of nitrogens with zero attached hydrogens (tertiary/aromatic N) is 2. The van der Waals surface area contributed by atoms with Crippen molar-refractivity contribution in [3.8, 4) is 0 Å². The summed E-state index contributed by atoms with van der Waals surface area (Å²) in [6, 6.07) is 0. The van der Waals surface area contributed by atoms with Gasteiger partial charge in [-0.3, -0.25) is 33.6 Å². The first-order valence-electron chi connectivity index (χ1n) is 48.7. The van der Waals surface area contributed by atoms with E-state index in [1.807, 2.05) is 0 Å². The number of ether oxygens (including phenoxy) is 1. The molecule has 2 amide bonds. The molecule has 9 saturated carbocycles. The number of allylic oxidation sites excluding steroid dienone is 4. The summed E-state index contributed by atoms with van der Waals surface area (Å²) >= 11 is 0. The molecule has 0 aromatic carbocycles. The second-order valence-electron chi connectivity index (χ2n) is 18.6. The smallest absolute Gasteiger partial charge is 0.311 e. The zero-order chi connectivity index (χ0) is 98.7. The zero-order valence-corrected chi connectivity index (χ0v) is 48.9. The Morgan fingerprint density at radius 3 is 1.03 bits per heavy atom. The van der Waals surface area contributed by atoms with Gasteiger partial charge in [0.2, 0.25) is 11.8 Å². The lowest BCUT2D eigenvalue weighted by molar-refractivity contribution is -0.154. The van der Waals surface area contributed by atoms with Gasteiger partial charge in [-0.1, -0.05) is 139 Å². The normalized spacial score (nSPS) is 44.3. The fraction of sp³-hybridized carbons (Fsp3) is 0.841. The standard InChI is InChI=1S/C9H16O2.2C8H15NO.2C8H14.4C7H12O/c1-3-11-8(10)9(2)6-4-5-7-9;2*1-9(2)8(10)7-5-3-4-6-7;2*1-2-5-8-6-3-4-7-8;4*1-6(8)7-4-2-3-5-7/h3-7H2,1-2H3;2*7H,3-6H2,1-2H3;2*2,5,8H,3-4,6-7H2,1H3;4*7H,2-5H2,1H3/i6D2,7D2;5D2,6D2,7D;3D2,4D2,7D;6D2,7D2,8D;3D2,4D2,8D;2*4D2,5D2,7D;2*2D2,3D2,7D. The van der Waals surface area contributed by atoms with Gasteiger partial charge in [-0.25, -0.2) is 0 Å². The first-order valence-corrected chi connectivity index (χ1v) is 26.7. The van der Waals surface area contributed by atoms with Crippen molar-refractivity contribution >= 4 is 40.9 Å². The van der Waals surface area contributed by atoms with Gasteiger partial charge in [-0.05, 0) is 182 Å². The predicted molar refractivity (Wildman–Crippen MR) is 329 cm³/mol. The maximum absolute atomic E-state index is 11.8. The Labute approximate surface area is 547 Å². The van der Waals surface area contributed by atoms with E-state index in [2.05, 4.69) is 0 Å². The van der Waals surface area contributed by atoms with Crippen molar-refractivity contribution < 1.29 is 98.6 Å². The number of carbonyl (C=O) groups excluding carboxylic acids is 7. The highest BCUT2D eigenvalue weighted by atomic mass is 16.5.